The lowest BCUT2D eigenvalue weighted by atomic mass is 9.86. The monoisotopic (exact) mass is 305 g/mol. The Labute approximate surface area is 131 Å². The molecule has 1 aliphatic heterocycles. The van der Waals surface area contributed by atoms with Crippen LogP contribution in [0.15, 0.2) is 41.8 Å². The number of benzene rings is 1. The molecule has 2 rings (SSSR count). The summed E-state index contributed by atoms with van der Waals surface area (Å²) < 4.78 is 5.41. The molecule has 21 heavy (non-hydrogen) atoms. The van der Waals surface area contributed by atoms with Gasteiger partial charge in [0.1, 0.15) is 0 Å². The number of hydrogen-bond donors (Lipinski definition) is 0. The van der Waals surface area contributed by atoms with Crippen molar-refractivity contribution in [2.45, 2.75) is 23.8 Å². The van der Waals surface area contributed by atoms with E-state index in [1.54, 1.807) is 11.8 Å². The van der Waals surface area contributed by atoms with Gasteiger partial charge in [0.2, 0.25) is 0 Å². The van der Waals surface area contributed by atoms with Crippen molar-refractivity contribution in [1.82, 2.24) is 4.90 Å². The summed E-state index contributed by atoms with van der Waals surface area (Å²) >= 11 is 1.68. The first-order valence-corrected chi connectivity index (χ1v) is 8.47. The summed E-state index contributed by atoms with van der Waals surface area (Å²) in [5.74, 6) is 0.164. The highest BCUT2D eigenvalue weighted by molar-refractivity contribution is 7.98. The van der Waals surface area contributed by atoms with E-state index in [9.17, 15) is 4.79 Å². The number of ketones is 1. The molecule has 1 aliphatic rings. The van der Waals surface area contributed by atoms with Gasteiger partial charge in [-0.2, -0.15) is 0 Å². The van der Waals surface area contributed by atoms with Crippen molar-refractivity contribution >= 4 is 17.5 Å². The second kappa shape index (κ2) is 7.25. The molecule has 0 aromatic heterocycles. The maximum Gasteiger partial charge on any atom is 0.183 e. The Bertz CT molecular complexity index is 494. The van der Waals surface area contributed by atoms with E-state index >= 15 is 0 Å². The van der Waals surface area contributed by atoms with Crippen LogP contribution in [-0.2, 0) is 4.74 Å². The van der Waals surface area contributed by atoms with E-state index < -0.39 is 5.54 Å². The molecule has 0 aliphatic carbocycles. The molecule has 0 radical (unpaired) electrons. The predicted octanol–water partition coefficient (Wildman–Crippen LogP) is 3.26. The van der Waals surface area contributed by atoms with Gasteiger partial charge in [-0.05, 0) is 31.7 Å². The number of hydrogen-bond acceptors (Lipinski definition) is 4. The van der Waals surface area contributed by atoms with Crippen LogP contribution in [0.2, 0.25) is 0 Å². The van der Waals surface area contributed by atoms with Crippen molar-refractivity contribution in [3.63, 3.8) is 0 Å². The van der Waals surface area contributed by atoms with E-state index in [0.29, 0.717) is 19.6 Å². The second-order valence-corrected chi connectivity index (χ2v) is 6.30. The Morgan fingerprint density at radius 3 is 2.52 bits per heavy atom. The maximum atomic E-state index is 13.0. The lowest BCUT2D eigenvalue weighted by Crippen LogP contribution is -2.56. The number of rotatable bonds is 6. The van der Waals surface area contributed by atoms with Crippen LogP contribution in [0.1, 0.15) is 23.7 Å². The molecule has 1 saturated heterocycles. The standard InChI is InChI=1S/C17H23NO2S/c1-4-9-17(2,18-10-12-20-13-11-18)16(19)14-5-7-15(21-3)8-6-14/h4-8H,1,9-13H2,2-3H3. The van der Waals surface area contributed by atoms with Crippen molar-refractivity contribution < 1.29 is 9.53 Å². The summed E-state index contributed by atoms with van der Waals surface area (Å²) in [6.07, 6.45) is 4.52. The molecule has 1 aromatic rings. The van der Waals surface area contributed by atoms with E-state index in [1.165, 1.54) is 4.90 Å². The second-order valence-electron chi connectivity index (χ2n) is 5.42. The summed E-state index contributed by atoms with van der Waals surface area (Å²) in [5, 5.41) is 0. The highest BCUT2D eigenvalue weighted by atomic mass is 32.2. The first-order chi connectivity index (χ1) is 10.1. The largest absolute Gasteiger partial charge is 0.379 e. The number of carbonyl (C=O) groups excluding carboxylic acids is 1. The van der Waals surface area contributed by atoms with E-state index in [4.69, 9.17) is 4.74 Å². The summed E-state index contributed by atoms with van der Waals surface area (Å²) in [7, 11) is 0. The van der Waals surface area contributed by atoms with Gasteiger partial charge >= 0.3 is 0 Å². The highest BCUT2D eigenvalue weighted by Gasteiger charge is 2.39. The van der Waals surface area contributed by atoms with Gasteiger partial charge in [-0.1, -0.05) is 18.2 Å². The molecule has 0 N–H and O–H groups in total. The average Bonchev–Trinajstić information content (AvgIpc) is 2.55. The molecule has 1 aromatic carbocycles. The van der Waals surface area contributed by atoms with Crippen LogP contribution in [0.3, 0.4) is 0 Å². The van der Waals surface area contributed by atoms with Crippen LogP contribution in [0.25, 0.3) is 0 Å². The molecule has 0 amide bonds. The van der Waals surface area contributed by atoms with E-state index in [1.807, 2.05) is 43.5 Å². The number of thioether (sulfide) groups is 1. The minimum Gasteiger partial charge on any atom is -0.379 e. The van der Waals surface area contributed by atoms with Crippen molar-refractivity contribution in [3.8, 4) is 0 Å². The van der Waals surface area contributed by atoms with Gasteiger partial charge in [-0.25, -0.2) is 0 Å². The highest BCUT2D eigenvalue weighted by Crippen LogP contribution is 2.27. The third kappa shape index (κ3) is 3.57. The van der Waals surface area contributed by atoms with Gasteiger partial charge in [0.05, 0.1) is 18.8 Å². The van der Waals surface area contributed by atoms with Crippen LogP contribution >= 0.6 is 11.8 Å². The molecule has 0 saturated carbocycles. The van der Waals surface area contributed by atoms with Crippen LogP contribution < -0.4 is 0 Å². The minimum absolute atomic E-state index is 0.164. The molecule has 114 valence electrons. The fourth-order valence-electron chi connectivity index (χ4n) is 2.76. The zero-order chi connectivity index (χ0) is 15.3. The van der Waals surface area contributed by atoms with Crippen molar-refractivity contribution in [2.75, 3.05) is 32.6 Å². The zero-order valence-corrected chi connectivity index (χ0v) is 13.6. The van der Waals surface area contributed by atoms with Crippen molar-refractivity contribution in [2.24, 2.45) is 0 Å². The molecule has 1 heterocycles. The molecule has 1 unspecified atom stereocenters. The van der Waals surface area contributed by atoms with Crippen LogP contribution in [0.5, 0.6) is 0 Å². The van der Waals surface area contributed by atoms with Gasteiger partial charge in [0.25, 0.3) is 0 Å². The number of carbonyl (C=O) groups is 1. The Morgan fingerprint density at radius 1 is 1.38 bits per heavy atom. The van der Waals surface area contributed by atoms with Crippen molar-refractivity contribution in [3.05, 3.63) is 42.5 Å². The van der Waals surface area contributed by atoms with Gasteiger partial charge in [-0.3, -0.25) is 9.69 Å². The fourth-order valence-corrected chi connectivity index (χ4v) is 3.16. The maximum absolute atomic E-state index is 13.0. The van der Waals surface area contributed by atoms with E-state index in [0.717, 1.165) is 18.7 Å². The number of Topliss-reactive ketones (excluding diaryl/α,β-unsaturated/α-hetero) is 1. The minimum atomic E-state index is -0.535. The molecule has 4 heteroatoms. The van der Waals surface area contributed by atoms with Gasteiger partial charge in [0.15, 0.2) is 5.78 Å². The van der Waals surface area contributed by atoms with Gasteiger partial charge in [0, 0.05) is 23.5 Å². The summed E-state index contributed by atoms with van der Waals surface area (Å²) in [6.45, 7) is 8.80. The molecule has 0 bridgehead atoms. The number of ether oxygens (including phenoxy) is 1. The molecule has 0 spiro atoms. The third-order valence-corrected chi connectivity index (χ3v) is 4.84. The quantitative estimate of drug-likeness (QED) is 0.458. The number of nitrogens with zero attached hydrogens (tertiary/aromatic N) is 1. The molecule has 3 nitrogen and oxygen atoms in total. The number of morpholine rings is 1. The average molecular weight is 305 g/mol. The Balaban J connectivity index is 2.26. The summed E-state index contributed by atoms with van der Waals surface area (Å²) in [6, 6.07) is 7.86. The smallest absolute Gasteiger partial charge is 0.183 e. The zero-order valence-electron chi connectivity index (χ0n) is 12.8. The molecular weight excluding hydrogens is 282 g/mol. The normalized spacial score (nSPS) is 19.0. The Kier molecular flexibility index (Phi) is 5.62. The topological polar surface area (TPSA) is 29.5 Å². The van der Waals surface area contributed by atoms with Crippen LogP contribution in [0, 0.1) is 0 Å². The SMILES string of the molecule is C=CCC(C)(C(=O)c1ccc(SC)cc1)N1CCOCC1. The van der Waals surface area contributed by atoms with Crippen molar-refractivity contribution in [1.29, 1.82) is 0 Å². The molecule has 1 atom stereocenters. The van der Waals surface area contributed by atoms with Crippen LogP contribution in [-0.4, -0.2) is 48.8 Å². The first-order valence-electron chi connectivity index (χ1n) is 7.24. The first kappa shape index (κ1) is 16.3. The van der Waals surface area contributed by atoms with Gasteiger partial charge in [-0.15, -0.1) is 18.3 Å². The summed E-state index contributed by atoms with van der Waals surface area (Å²) in [4.78, 5) is 16.4. The Morgan fingerprint density at radius 2 is 2.00 bits per heavy atom. The third-order valence-electron chi connectivity index (χ3n) is 4.09. The lowest BCUT2D eigenvalue weighted by molar-refractivity contribution is -0.00871. The molecular formula is C17H23NO2S. The lowest BCUT2D eigenvalue weighted by Gasteiger charge is -2.41. The van der Waals surface area contributed by atoms with E-state index in [-0.39, 0.29) is 5.78 Å². The molecule has 1 fully saturated rings. The Hall–Kier alpha value is -1.10. The predicted molar refractivity (Wildman–Crippen MR) is 88.2 cm³/mol. The summed E-state index contributed by atoms with van der Waals surface area (Å²) in [5.41, 5.74) is 0.232. The van der Waals surface area contributed by atoms with Gasteiger partial charge < -0.3 is 4.74 Å². The van der Waals surface area contributed by atoms with E-state index in [2.05, 4.69) is 11.5 Å². The van der Waals surface area contributed by atoms with Crippen LogP contribution in [0.4, 0.5) is 0 Å². The fraction of sp³-hybridized carbons (Fsp3) is 0.471.